The molecule has 0 amide bonds. The standard InChI is InChI=1S/C6H15NO2/c1-7-6(3-4-8)5-9-2/h6-8H,3-5H2,1-2H3. The van der Waals surface area contributed by atoms with Crippen molar-refractivity contribution in [3.63, 3.8) is 0 Å². The van der Waals surface area contributed by atoms with E-state index in [2.05, 4.69) is 5.32 Å². The van der Waals surface area contributed by atoms with Crippen LogP contribution in [0.3, 0.4) is 0 Å². The Labute approximate surface area is 56.0 Å². The first kappa shape index (κ1) is 8.88. The molecule has 3 heteroatoms. The second-order valence-electron chi connectivity index (χ2n) is 1.95. The number of likely N-dealkylation sites (N-methyl/N-ethyl adjacent to an activating group) is 1. The minimum absolute atomic E-state index is 0.217. The van der Waals surface area contributed by atoms with Gasteiger partial charge in [-0.3, -0.25) is 0 Å². The molecule has 0 saturated carbocycles. The topological polar surface area (TPSA) is 41.5 Å². The van der Waals surface area contributed by atoms with Gasteiger partial charge in [0.25, 0.3) is 0 Å². The average molecular weight is 133 g/mol. The highest BCUT2D eigenvalue weighted by molar-refractivity contribution is 4.61. The molecule has 2 N–H and O–H groups in total. The summed E-state index contributed by atoms with van der Waals surface area (Å²) >= 11 is 0. The number of aliphatic hydroxyl groups is 1. The summed E-state index contributed by atoms with van der Waals surface area (Å²) in [6, 6.07) is 0.292. The molecule has 0 spiro atoms. The van der Waals surface area contributed by atoms with Gasteiger partial charge in [-0.1, -0.05) is 0 Å². The minimum Gasteiger partial charge on any atom is -0.396 e. The van der Waals surface area contributed by atoms with Crippen LogP contribution in [0.15, 0.2) is 0 Å². The first-order valence-corrected chi connectivity index (χ1v) is 3.12. The van der Waals surface area contributed by atoms with Crippen LogP contribution in [0.1, 0.15) is 6.42 Å². The fourth-order valence-electron chi connectivity index (χ4n) is 0.668. The lowest BCUT2D eigenvalue weighted by atomic mass is 10.2. The molecule has 1 unspecified atom stereocenters. The average Bonchev–Trinajstić information content (AvgIpc) is 1.88. The maximum absolute atomic E-state index is 8.50. The third-order valence-electron chi connectivity index (χ3n) is 1.25. The smallest absolute Gasteiger partial charge is 0.0616 e. The number of aliphatic hydroxyl groups excluding tert-OH is 1. The van der Waals surface area contributed by atoms with Crippen LogP contribution >= 0.6 is 0 Å². The van der Waals surface area contributed by atoms with Crippen molar-refractivity contribution in [2.75, 3.05) is 27.4 Å². The lowest BCUT2D eigenvalue weighted by Crippen LogP contribution is -2.30. The van der Waals surface area contributed by atoms with Gasteiger partial charge in [-0.15, -0.1) is 0 Å². The molecule has 0 aromatic heterocycles. The molecule has 56 valence electrons. The van der Waals surface area contributed by atoms with Crippen molar-refractivity contribution in [3.8, 4) is 0 Å². The Balaban J connectivity index is 3.18. The van der Waals surface area contributed by atoms with Gasteiger partial charge in [0.2, 0.25) is 0 Å². The zero-order chi connectivity index (χ0) is 7.11. The predicted octanol–water partition coefficient (Wildman–Crippen LogP) is -0.397. The van der Waals surface area contributed by atoms with Crippen LogP contribution in [-0.4, -0.2) is 38.5 Å². The Morgan fingerprint density at radius 1 is 1.67 bits per heavy atom. The lowest BCUT2D eigenvalue weighted by Gasteiger charge is -2.12. The summed E-state index contributed by atoms with van der Waals surface area (Å²) < 4.78 is 4.87. The quantitative estimate of drug-likeness (QED) is 0.536. The molecule has 0 saturated heterocycles. The monoisotopic (exact) mass is 133 g/mol. The fraction of sp³-hybridized carbons (Fsp3) is 1.00. The Hall–Kier alpha value is -0.120. The zero-order valence-corrected chi connectivity index (χ0v) is 6.05. The molecule has 0 aromatic carbocycles. The molecule has 0 aliphatic heterocycles. The van der Waals surface area contributed by atoms with E-state index < -0.39 is 0 Å². The Morgan fingerprint density at radius 3 is 2.67 bits per heavy atom. The normalized spacial score (nSPS) is 13.7. The molecule has 0 rings (SSSR count). The maximum atomic E-state index is 8.50. The van der Waals surface area contributed by atoms with Gasteiger partial charge in [0, 0.05) is 19.8 Å². The van der Waals surface area contributed by atoms with Crippen LogP contribution in [-0.2, 0) is 4.74 Å². The van der Waals surface area contributed by atoms with E-state index in [1.165, 1.54) is 0 Å². The summed E-state index contributed by atoms with van der Waals surface area (Å²) in [4.78, 5) is 0. The molecule has 0 aliphatic carbocycles. The van der Waals surface area contributed by atoms with Crippen molar-refractivity contribution in [3.05, 3.63) is 0 Å². The van der Waals surface area contributed by atoms with Gasteiger partial charge >= 0.3 is 0 Å². The molecule has 0 fully saturated rings. The highest BCUT2D eigenvalue weighted by atomic mass is 16.5. The maximum Gasteiger partial charge on any atom is 0.0616 e. The van der Waals surface area contributed by atoms with Gasteiger partial charge in [-0.2, -0.15) is 0 Å². The van der Waals surface area contributed by atoms with E-state index in [9.17, 15) is 0 Å². The summed E-state index contributed by atoms with van der Waals surface area (Å²) in [5.41, 5.74) is 0. The minimum atomic E-state index is 0.217. The lowest BCUT2D eigenvalue weighted by molar-refractivity contribution is 0.152. The van der Waals surface area contributed by atoms with Gasteiger partial charge in [0.1, 0.15) is 0 Å². The third kappa shape index (κ3) is 4.39. The highest BCUT2D eigenvalue weighted by Crippen LogP contribution is 1.88. The highest BCUT2D eigenvalue weighted by Gasteiger charge is 2.01. The van der Waals surface area contributed by atoms with E-state index in [1.54, 1.807) is 7.11 Å². The molecule has 1 atom stereocenters. The molecule has 0 radical (unpaired) electrons. The second-order valence-corrected chi connectivity index (χ2v) is 1.95. The van der Waals surface area contributed by atoms with Crippen molar-refractivity contribution in [2.45, 2.75) is 12.5 Å². The first-order chi connectivity index (χ1) is 4.35. The summed E-state index contributed by atoms with van der Waals surface area (Å²) in [6.45, 7) is 0.881. The first-order valence-electron chi connectivity index (χ1n) is 3.12. The van der Waals surface area contributed by atoms with Crippen molar-refractivity contribution in [2.24, 2.45) is 0 Å². The molecule has 0 bridgehead atoms. The van der Waals surface area contributed by atoms with Gasteiger partial charge < -0.3 is 15.2 Å². The molecule has 0 heterocycles. The van der Waals surface area contributed by atoms with Crippen LogP contribution in [0.2, 0.25) is 0 Å². The van der Waals surface area contributed by atoms with Gasteiger partial charge in [0.05, 0.1) is 6.61 Å². The SMILES string of the molecule is CNC(CCO)COC. The van der Waals surface area contributed by atoms with Crippen molar-refractivity contribution in [1.82, 2.24) is 5.32 Å². The van der Waals surface area contributed by atoms with Crippen molar-refractivity contribution in [1.29, 1.82) is 0 Å². The number of nitrogens with one attached hydrogen (secondary N) is 1. The largest absolute Gasteiger partial charge is 0.396 e. The van der Waals surface area contributed by atoms with E-state index in [0.717, 1.165) is 6.42 Å². The molecule has 0 aliphatic rings. The third-order valence-corrected chi connectivity index (χ3v) is 1.25. The van der Waals surface area contributed by atoms with Crippen LogP contribution in [0, 0.1) is 0 Å². The summed E-state index contributed by atoms with van der Waals surface area (Å²) in [6.07, 6.45) is 0.754. The zero-order valence-electron chi connectivity index (χ0n) is 6.05. The second kappa shape index (κ2) is 6.01. The summed E-state index contributed by atoms with van der Waals surface area (Å²) in [5.74, 6) is 0. The number of hydrogen-bond donors (Lipinski definition) is 2. The van der Waals surface area contributed by atoms with E-state index >= 15 is 0 Å². The number of methoxy groups -OCH3 is 1. The predicted molar refractivity (Wildman–Crippen MR) is 36.4 cm³/mol. The Kier molecular flexibility index (Phi) is 5.93. The molecular formula is C6H15NO2. The molecule has 3 nitrogen and oxygen atoms in total. The fourth-order valence-corrected chi connectivity index (χ4v) is 0.668. The molecule has 0 aromatic rings. The van der Waals surface area contributed by atoms with Gasteiger partial charge in [-0.05, 0) is 13.5 Å². The van der Waals surface area contributed by atoms with Crippen LogP contribution in [0.5, 0.6) is 0 Å². The van der Waals surface area contributed by atoms with E-state index in [-0.39, 0.29) is 6.61 Å². The van der Waals surface area contributed by atoms with Gasteiger partial charge in [-0.25, -0.2) is 0 Å². The van der Waals surface area contributed by atoms with Gasteiger partial charge in [0.15, 0.2) is 0 Å². The van der Waals surface area contributed by atoms with Crippen LogP contribution in [0.4, 0.5) is 0 Å². The number of rotatable bonds is 5. The number of hydrogen-bond acceptors (Lipinski definition) is 3. The van der Waals surface area contributed by atoms with E-state index in [1.807, 2.05) is 7.05 Å². The Bertz CT molecular complexity index is 53.0. The Morgan fingerprint density at radius 2 is 2.33 bits per heavy atom. The van der Waals surface area contributed by atoms with Crippen molar-refractivity contribution < 1.29 is 9.84 Å². The molecule has 9 heavy (non-hydrogen) atoms. The summed E-state index contributed by atoms with van der Waals surface area (Å²) in [7, 11) is 3.51. The van der Waals surface area contributed by atoms with E-state index in [0.29, 0.717) is 12.6 Å². The van der Waals surface area contributed by atoms with Crippen LogP contribution in [0.25, 0.3) is 0 Å². The van der Waals surface area contributed by atoms with Crippen LogP contribution < -0.4 is 5.32 Å². The molecular weight excluding hydrogens is 118 g/mol. The summed E-state index contributed by atoms with van der Waals surface area (Å²) in [5, 5.41) is 11.5. The van der Waals surface area contributed by atoms with E-state index in [4.69, 9.17) is 9.84 Å². The van der Waals surface area contributed by atoms with Crippen molar-refractivity contribution >= 4 is 0 Å². The number of ether oxygens (including phenoxy) is 1.